The third-order valence-corrected chi connectivity index (χ3v) is 4.06. The van der Waals surface area contributed by atoms with Crippen molar-refractivity contribution in [2.45, 2.75) is 25.6 Å². The fourth-order valence-corrected chi connectivity index (χ4v) is 2.86. The molecule has 4 heteroatoms. The maximum absolute atomic E-state index is 13.0. The molecule has 0 bridgehead atoms. The van der Waals surface area contributed by atoms with E-state index in [0.717, 1.165) is 16.6 Å². The van der Waals surface area contributed by atoms with Crippen molar-refractivity contribution in [1.82, 2.24) is 4.90 Å². The van der Waals surface area contributed by atoms with Crippen LogP contribution in [-0.4, -0.2) is 18.0 Å². The van der Waals surface area contributed by atoms with E-state index in [9.17, 15) is 4.39 Å². The van der Waals surface area contributed by atoms with Gasteiger partial charge in [0.2, 0.25) is 0 Å². The van der Waals surface area contributed by atoms with Crippen LogP contribution in [0.3, 0.4) is 0 Å². The van der Waals surface area contributed by atoms with Crippen molar-refractivity contribution < 1.29 is 4.39 Å². The summed E-state index contributed by atoms with van der Waals surface area (Å²) in [5.41, 5.74) is 8.42. The van der Waals surface area contributed by atoms with Gasteiger partial charge in [-0.2, -0.15) is 0 Å². The lowest BCUT2D eigenvalue weighted by Gasteiger charge is -2.31. The molecular weight excluding hydrogens is 331 g/mol. The summed E-state index contributed by atoms with van der Waals surface area (Å²) < 4.78 is 14.0. The van der Waals surface area contributed by atoms with E-state index in [0.29, 0.717) is 0 Å². The van der Waals surface area contributed by atoms with E-state index in [2.05, 4.69) is 33.0 Å². The van der Waals surface area contributed by atoms with E-state index in [1.54, 1.807) is 0 Å². The zero-order valence-electron chi connectivity index (χ0n) is 12.3. The first kappa shape index (κ1) is 16.1. The summed E-state index contributed by atoms with van der Waals surface area (Å²) in [5.74, 6) is -0.210. The van der Waals surface area contributed by atoms with Crippen LogP contribution in [-0.2, 0) is 6.54 Å². The summed E-state index contributed by atoms with van der Waals surface area (Å²) in [4.78, 5) is 2.20. The first-order valence-corrected chi connectivity index (χ1v) is 7.72. The van der Waals surface area contributed by atoms with E-state index in [4.69, 9.17) is 5.73 Å². The minimum Gasteiger partial charge on any atom is -0.326 e. The zero-order chi connectivity index (χ0) is 15.4. The number of rotatable bonds is 5. The first-order chi connectivity index (χ1) is 9.97. The van der Waals surface area contributed by atoms with Gasteiger partial charge >= 0.3 is 0 Å². The number of benzene rings is 2. The van der Waals surface area contributed by atoms with Crippen molar-refractivity contribution in [3.63, 3.8) is 0 Å². The largest absolute Gasteiger partial charge is 0.326 e. The summed E-state index contributed by atoms with van der Waals surface area (Å²) in [6.45, 7) is 2.73. The lowest BCUT2D eigenvalue weighted by Crippen LogP contribution is -2.36. The molecule has 0 aliphatic carbocycles. The molecule has 21 heavy (non-hydrogen) atoms. The van der Waals surface area contributed by atoms with Crippen molar-refractivity contribution in [3.05, 3.63) is 69.9 Å². The highest BCUT2D eigenvalue weighted by Crippen LogP contribution is 2.25. The SMILES string of the molecule is CC(N)C(c1ccc(Br)cc1)N(C)Cc1ccc(F)cc1. The standard InChI is InChI=1S/C17H20BrFN2/c1-12(20)17(14-5-7-15(18)8-6-14)21(2)11-13-3-9-16(19)10-4-13/h3-10,12,17H,11,20H2,1-2H3. The van der Waals surface area contributed by atoms with Crippen LogP contribution in [0.25, 0.3) is 0 Å². The number of hydrogen-bond donors (Lipinski definition) is 1. The van der Waals surface area contributed by atoms with Crippen LogP contribution in [0.5, 0.6) is 0 Å². The van der Waals surface area contributed by atoms with Crippen molar-refractivity contribution in [1.29, 1.82) is 0 Å². The summed E-state index contributed by atoms with van der Waals surface area (Å²) in [6, 6.07) is 14.9. The van der Waals surface area contributed by atoms with Gasteiger partial charge in [0.05, 0.1) is 0 Å². The highest BCUT2D eigenvalue weighted by atomic mass is 79.9. The number of likely N-dealkylation sites (N-methyl/N-ethyl adjacent to an activating group) is 1. The van der Waals surface area contributed by atoms with Crippen LogP contribution < -0.4 is 5.73 Å². The van der Waals surface area contributed by atoms with Crippen LogP contribution >= 0.6 is 15.9 Å². The predicted octanol–water partition coefficient (Wildman–Crippen LogP) is 4.11. The van der Waals surface area contributed by atoms with Gasteiger partial charge < -0.3 is 5.73 Å². The molecule has 0 heterocycles. The van der Waals surface area contributed by atoms with Crippen LogP contribution in [0, 0.1) is 5.82 Å². The molecule has 0 radical (unpaired) electrons. The molecular formula is C17H20BrFN2. The Hall–Kier alpha value is -1.23. The molecule has 2 aromatic carbocycles. The average molecular weight is 351 g/mol. The molecule has 2 rings (SSSR count). The number of halogens is 2. The Balaban J connectivity index is 2.17. The molecule has 0 fully saturated rings. The molecule has 0 amide bonds. The molecule has 2 unspecified atom stereocenters. The van der Waals surface area contributed by atoms with Gasteiger partial charge in [-0.1, -0.05) is 40.2 Å². The maximum Gasteiger partial charge on any atom is 0.123 e. The maximum atomic E-state index is 13.0. The minimum atomic E-state index is -0.210. The normalized spacial score (nSPS) is 14.2. The molecule has 0 aliphatic rings. The first-order valence-electron chi connectivity index (χ1n) is 6.93. The fraction of sp³-hybridized carbons (Fsp3) is 0.294. The van der Waals surface area contributed by atoms with Crippen LogP contribution in [0.15, 0.2) is 53.0 Å². The summed E-state index contributed by atoms with van der Waals surface area (Å²) in [5, 5.41) is 0. The van der Waals surface area contributed by atoms with Gasteiger partial charge in [0.25, 0.3) is 0 Å². The van der Waals surface area contributed by atoms with Crippen LogP contribution in [0.4, 0.5) is 4.39 Å². The second-order valence-electron chi connectivity index (χ2n) is 5.40. The fourth-order valence-electron chi connectivity index (χ4n) is 2.60. The molecule has 2 N–H and O–H groups in total. The quantitative estimate of drug-likeness (QED) is 0.879. The number of hydrogen-bond acceptors (Lipinski definition) is 2. The molecule has 2 nitrogen and oxygen atoms in total. The van der Waals surface area contributed by atoms with Gasteiger partial charge in [-0.25, -0.2) is 4.39 Å². The summed E-state index contributed by atoms with van der Waals surface area (Å²) in [6.07, 6.45) is 0. The second kappa shape index (κ2) is 7.16. The van der Waals surface area contributed by atoms with Gasteiger partial charge in [-0.05, 0) is 49.4 Å². The van der Waals surface area contributed by atoms with Gasteiger partial charge in [0, 0.05) is 23.1 Å². The Kier molecular flexibility index (Phi) is 5.51. The van der Waals surface area contributed by atoms with Crippen LogP contribution in [0.1, 0.15) is 24.1 Å². The van der Waals surface area contributed by atoms with Gasteiger partial charge in [-0.15, -0.1) is 0 Å². The van der Waals surface area contributed by atoms with E-state index in [1.165, 1.54) is 17.7 Å². The van der Waals surface area contributed by atoms with Gasteiger partial charge in [0.1, 0.15) is 5.82 Å². The van der Waals surface area contributed by atoms with Crippen molar-refractivity contribution in [2.75, 3.05) is 7.05 Å². The van der Waals surface area contributed by atoms with Crippen LogP contribution in [0.2, 0.25) is 0 Å². The zero-order valence-corrected chi connectivity index (χ0v) is 13.8. The van der Waals surface area contributed by atoms with Gasteiger partial charge in [0.15, 0.2) is 0 Å². The Morgan fingerprint density at radius 3 is 2.19 bits per heavy atom. The Labute approximate surface area is 133 Å². The minimum absolute atomic E-state index is 0.00313. The molecule has 2 atom stereocenters. The van der Waals surface area contributed by atoms with E-state index in [1.807, 2.05) is 38.2 Å². The van der Waals surface area contributed by atoms with Crippen molar-refractivity contribution >= 4 is 15.9 Å². The molecule has 0 saturated carbocycles. The molecule has 112 valence electrons. The molecule has 2 aromatic rings. The summed E-state index contributed by atoms with van der Waals surface area (Å²) >= 11 is 3.45. The molecule has 0 spiro atoms. The van der Waals surface area contributed by atoms with E-state index in [-0.39, 0.29) is 17.9 Å². The number of nitrogens with zero attached hydrogens (tertiary/aromatic N) is 1. The average Bonchev–Trinajstić information content (AvgIpc) is 2.43. The lowest BCUT2D eigenvalue weighted by atomic mass is 9.99. The highest BCUT2D eigenvalue weighted by molar-refractivity contribution is 9.10. The second-order valence-corrected chi connectivity index (χ2v) is 6.31. The highest BCUT2D eigenvalue weighted by Gasteiger charge is 2.21. The number of nitrogens with two attached hydrogens (primary N) is 1. The molecule has 0 aromatic heterocycles. The third-order valence-electron chi connectivity index (χ3n) is 3.53. The summed E-state index contributed by atoms with van der Waals surface area (Å²) in [7, 11) is 2.04. The third kappa shape index (κ3) is 4.37. The monoisotopic (exact) mass is 350 g/mol. The molecule has 0 aliphatic heterocycles. The van der Waals surface area contributed by atoms with E-state index < -0.39 is 0 Å². The van der Waals surface area contributed by atoms with Crippen molar-refractivity contribution in [3.8, 4) is 0 Å². The van der Waals surface area contributed by atoms with Gasteiger partial charge in [-0.3, -0.25) is 4.90 Å². The topological polar surface area (TPSA) is 29.3 Å². The Bertz CT molecular complexity index is 566. The molecule has 0 saturated heterocycles. The Morgan fingerprint density at radius 1 is 1.10 bits per heavy atom. The van der Waals surface area contributed by atoms with Crippen molar-refractivity contribution in [2.24, 2.45) is 5.73 Å². The lowest BCUT2D eigenvalue weighted by molar-refractivity contribution is 0.211. The predicted molar refractivity (Wildman–Crippen MR) is 88.4 cm³/mol. The smallest absolute Gasteiger partial charge is 0.123 e. The van der Waals surface area contributed by atoms with E-state index >= 15 is 0 Å². The Morgan fingerprint density at radius 2 is 1.67 bits per heavy atom.